The van der Waals surface area contributed by atoms with Gasteiger partial charge in [-0.05, 0) is 32.6 Å². The Bertz CT molecular complexity index is 244. The number of piperazine rings is 1. The fourth-order valence-electron chi connectivity index (χ4n) is 3.15. The van der Waals surface area contributed by atoms with Crippen molar-refractivity contribution in [1.82, 2.24) is 10.2 Å². The van der Waals surface area contributed by atoms with Crippen molar-refractivity contribution in [3.63, 3.8) is 0 Å². The van der Waals surface area contributed by atoms with E-state index in [1.807, 2.05) is 0 Å². The minimum Gasteiger partial charge on any atom is -0.374 e. The van der Waals surface area contributed by atoms with E-state index in [2.05, 4.69) is 37.9 Å². The molecular weight excluding hydrogens is 212 g/mol. The first-order chi connectivity index (χ1) is 8.06. The Kier molecular flexibility index (Phi) is 4.45. The molecule has 0 aromatic carbocycles. The van der Waals surface area contributed by atoms with Gasteiger partial charge in [0.1, 0.15) is 0 Å². The predicted molar refractivity (Wildman–Crippen MR) is 71.2 cm³/mol. The molecule has 0 aromatic rings. The summed E-state index contributed by atoms with van der Waals surface area (Å²) in [7, 11) is 0. The minimum atomic E-state index is 0.469. The van der Waals surface area contributed by atoms with Crippen LogP contribution >= 0.6 is 0 Å². The third-order valence-electron chi connectivity index (χ3n) is 4.18. The highest BCUT2D eigenvalue weighted by Crippen LogP contribution is 2.23. The SMILES string of the molecule is CC1CN(CC2CCC(C)O2)C(C(C)C)CN1. The first-order valence-electron chi connectivity index (χ1n) is 7.19. The van der Waals surface area contributed by atoms with Crippen molar-refractivity contribution in [3.05, 3.63) is 0 Å². The monoisotopic (exact) mass is 240 g/mol. The summed E-state index contributed by atoms with van der Waals surface area (Å²) in [5.41, 5.74) is 0. The lowest BCUT2D eigenvalue weighted by atomic mass is 9.98. The Labute approximate surface area is 106 Å². The van der Waals surface area contributed by atoms with Gasteiger partial charge in [-0.2, -0.15) is 0 Å². The van der Waals surface area contributed by atoms with E-state index in [1.54, 1.807) is 0 Å². The van der Waals surface area contributed by atoms with Crippen molar-refractivity contribution in [2.45, 2.75) is 64.8 Å². The maximum Gasteiger partial charge on any atom is 0.0706 e. The summed E-state index contributed by atoms with van der Waals surface area (Å²) in [5, 5.41) is 3.59. The quantitative estimate of drug-likeness (QED) is 0.815. The van der Waals surface area contributed by atoms with E-state index in [4.69, 9.17) is 4.74 Å². The number of rotatable bonds is 3. The van der Waals surface area contributed by atoms with Gasteiger partial charge in [0.15, 0.2) is 0 Å². The average Bonchev–Trinajstić information content (AvgIpc) is 2.63. The second-order valence-electron chi connectivity index (χ2n) is 6.22. The molecule has 0 bridgehead atoms. The smallest absolute Gasteiger partial charge is 0.0706 e. The van der Waals surface area contributed by atoms with Crippen LogP contribution in [-0.2, 0) is 4.74 Å². The highest BCUT2D eigenvalue weighted by atomic mass is 16.5. The molecule has 0 amide bonds. The van der Waals surface area contributed by atoms with Gasteiger partial charge in [-0.15, -0.1) is 0 Å². The molecule has 2 heterocycles. The van der Waals surface area contributed by atoms with Gasteiger partial charge in [0.25, 0.3) is 0 Å². The molecule has 0 aromatic heterocycles. The molecule has 2 aliphatic rings. The second kappa shape index (κ2) is 5.68. The van der Waals surface area contributed by atoms with Gasteiger partial charge in [-0.25, -0.2) is 0 Å². The fraction of sp³-hybridized carbons (Fsp3) is 1.00. The third kappa shape index (κ3) is 3.43. The topological polar surface area (TPSA) is 24.5 Å². The molecule has 0 radical (unpaired) electrons. The van der Waals surface area contributed by atoms with Crippen molar-refractivity contribution >= 4 is 0 Å². The number of ether oxygens (including phenoxy) is 1. The number of hydrogen-bond donors (Lipinski definition) is 1. The Balaban J connectivity index is 1.90. The number of nitrogens with one attached hydrogen (secondary N) is 1. The van der Waals surface area contributed by atoms with Crippen LogP contribution in [0.25, 0.3) is 0 Å². The molecule has 3 heteroatoms. The molecule has 0 spiro atoms. The molecule has 0 saturated carbocycles. The number of nitrogens with zero attached hydrogens (tertiary/aromatic N) is 1. The Hall–Kier alpha value is -0.120. The summed E-state index contributed by atoms with van der Waals surface area (Å²) in [4.78, 5) is 2.65. The van der Waals surface area contributed by atoms with Gasteiger partial charge < -0.3 is 10.1 Å². The van der Waals surface area contributed by atoms with Crippen molar-refractivity contribution in [2.24, 2.45) is 5.92 Å². The summed E-state index contributed by atoms with van der Waals surface area (Å²) in [6.45, 7) is 12.5. The normalized spacial score (nSPS) is 40.1. The van der Waals surface area contributed by atoms with E-state index in [9.17, 15) is 0 Å². The summed E-state index contributed by atoms with van der Waals surface area (Å²) < 4.78 is 5.97. The van der Waals surface area contributed by atoms with Gasteiger partial charge in [0.05, 0.1) is 12.2 Å². The molecule has 4 unspecified atom stereocenters. The molecule has 3 nitrogen and oxygen atoms in total. The zero-order chi connectivity index (χ0) is 12.4. The van der Waals surface area contributed by atoms with Crippen LogP contribution in [0.3, 0.4) is 0 Å². The Morgan fingerprint density at radius 1 is 1.29 bits per heavy atom. The van der Waals surface area contributed by atoms with Crippen molar-refractivity contribution < 1.29 is 4.74 Å². The molecule has 0 aliphatic carbocycles. The fourth-order valence-corrected chi connectivity index (χ4v) is 3.15. The zero-order valence-corrected chi connectivity index (χ0v) is 11.8. The van der Waals surface area contributed by atoms with Crippen LogP contribution in [0.4, 0.5) is 0 Å². The van der Waals surface area contributed by atoms with E-state index in [0.29, 0.717) is 30.2 Å². The Morgan fingerprint density at radius 2 is 2.06 bits per heavy atom. The van der Waals surface area contributed by atoms with Crippen LogP contribution < -0.4 is 5.32 Å². The molecule has 2 saturated heterocycles. The van der Waals surface area contributed by atoms with E-state index >= 15 is 0 Å². The van der Waals surface area contributed by atoms with Crippen molar-refractivity contribution in [3.8, 4) is 0 Å². The van der Waals surface area contributed by atoms with Gasteiger partial charge in [0, 0.05) is 31.7 Å². The average molecular weight is 240 g/mol. The molecule has 17 heavy (non-hydrogen) atoms. The molecule has 2 aliphatic heterocycles. The summed E-state index contributed by atoms with van der Waals surface area (Å²) >= 11 is 0. The first kappa shape index (κ1) is 13.3. The van der Waals surface area contributed by atoms with Gasteiger partial charge in [-0.3, -0.25) is 4.90 Å². The standard InChI is InChI=1S/C14H28N2O/c1-10(2)14-7-15-11(3)8-16(14)9-13-6-5-12(4)17-13/h10-15H,5-9H2,1-4H3. The van der Waals surface area contributed by atoms with Crippen molar-refractivity contribution in [1.29, 1.82) is 0 Å². The molecule has 2 fully saturated rings. The lowest BCUT2D eigenvalue weighted by Gasteiger charge is -2.42. The summed E-state index contributed by atoms with van der Waals surface area (Å²) in [6, 6.07) is 1.29. The minimum absolute atomic E-state index is 0.469. The van der Waals surface area contributed by atoms with Crippen LogP contribution in [0.15, 0.2) is 0 Å². The van der Waals surface area contributed by atoms with Gasteiger partial charge in [0.2, 0.25) is 0 Å². The van der Waals surface area contributed by atoms with Gasteiger partial charge >= 0.3 is 0 Å². The highest BCUT2D eigenvalue weighted by molar-refractivity contribution is 4.88. The second-order valence-corrected chi connectivity index (χ2v) is 6.22. The van der Waals surface area contributed by atoms with E-state index in [0.717, 1.165) is 19.6 Å². The van der Waals surface area contributed by atoms with Crippen LogP contribution in [0.2, 0.25) is 0 Å². The number of hydrogen-bond acceptors (Lipinski definition) is 3. The largest absolute Gasteiger partial charge is 0.374 e. The molecule has 1 N–H and O–H groups in total. The zero-order valence-electron chi connectivity index (χ0n) is 11.8. The lowest BCUT2D eigenvalue weighted by molar-refractivity contribution is 0.00407. The maximum absolute atomic E-state index is 5.97. The predicted octanol–water partition coefficient (Wildman–Crippen LogP) is 1.87. The molecule has 4 atom stereocenters. The maximum atomic E-state index is 5.97. The van der Waals surface area contributed by atoms with Crippen molar-refractivity contribution in [2.75, 3.05) is 19.6 Å². The van der Waals surface area contributed by atoms with E-state index < -0.39 is 0 Å². The first-order valence-corrected chi connectivity index (χ1v) is 7.19. The van der Waals surface area contributed by atoms with E-state index in [-0.39, 0.29) is 0 Å². The molecule has 2 rings (SSSR count). The van der Waals surface area contributed by atoms with Crippen LogP contribution in [0.1, 0.15) is 40.5 Å². The van der Waals surface area contributed by atoms with E-state index in [1.165, 1.54) is 12.8 Å². The third-order valence-corrected chi connectivity index (χ3v) is 4.18. The van der Waals surface area contributed by atoms with Crippen LogP contribution in [-0.4, -0.2) is 48.8 Å². The molecular formula is C14H28N2O. The van der Waals surface area contributed by atoms with Gasteiger partial charge in [-0.1, -0.05) is 13.8 Å². The highest BCUT2D eigenvalue weighted by Gasteiger charge is 2.31. The lowest BCUT2D eigenvalue weighted by Crippen LogP contribution is -2.58. The van der Waals surface area contributed by atoms with Crippen LogP contribution in [0.5, 0.6) is 0 Å². The van der Waals surface area contributed by atoms with Crippen LogP contribution in [0, 0.1) is 5.92 Å². The molecule has 100 valence electrons. The summed E-state index contributed by atoms with van der Waals surface area (Å²) in [5.74, 6) is 0.717. The Morgan fingerprint density at radius 3 is 2.65 bits per heavy atom. The summed E-state index contributed by atoms with van der Waals surface area (Å²) in [6.07, 6.45) is 3.41.